The third-order valence-electron chi connectivity index (χ3n) is 5.19. The van der Waals surface area contributed by atoms with Crippen LogP contribution in [0.3, 0.4) is 0 Å². The zero-order valence-electron chi connectivity index (χ0n) is 16.7. The van der Waals surface area contributed by atoms with Crippen molar-refractivity contribution >= 4 is 17.4 Å². The van der Waals surface area contributed by atoms with Gasteiger partial charge in [0.05, 0.1) is 17.3 Å². The fraction of sp³-hybridized carbons (Fsp3) is 0.261. The molecule has 1 aliphatic rings. The van der Waals surface area contributed by atoms with E-state index in [2.05, 4.69) is 16.9 Å². The van der Waals surface area contributed by atoms with Crippen LogP contribution in [0.4, 0.5) is 0 Å². The van der Waals surface area contributed by atoms with Gasteiger partial charge in [-0.3, -0.25) is 14.6 Å². The van der Waals surface area contributed by atoms with E-state index in [1.165, 1.54) is 21.8 Å². The molecule has 1 aliphatic heterocycles. The van der Waals surface area contributed by atoms with E-state index in [-0.39, 0.29) is 24.5 Å². The smallest absolute Gasteiger partial charge is 0.254 e. The number of carbonyl (C=O) groups is 1. The minimum Gasteiger partial charge on any atom is -0.487 e. The maximum Gasteiger partial charge on any atom is 0.254 e. The van der Waals surface area contributed by atoms with Crippen LogP contribution in [0, 0.1) is 0 Å². The topological polar surface area (TPSA) is 64.4 Å². The summed E-state index contributed by atoms with van der Waals surface area (Å²) in [6.07, 6.45) is 4.06. The van der Waals surface area contributed by atoms with E-state index in [9.17, 15) is 9.59 Å². The van der Waals surface area contributed by atoms with Crippen LogP contribution in [-0.4, -0.2) is 33.8 Å². The van der Waals surface area contributed by atoms with Gasteiger partial charge in [-0.15, -0.1) is 0 Å². The summed E-state index contributed by atoms with van der Waals surface area (Å²) >= 11 is 5.82. The lowest BCUT2D eigenvalue weighted by Gasteiger charge is -2.25. The zero-order chi connectivity index (χ0) is 21.1. The standard InChI is InChI=1S/C23H22ClN3O3/c1-26-8-6-16-10-17(2-3-18(16)13-26)22(28)14-27-9-7-21(11-23(27)29)30-15-20-5-4-19(24)12-25-20/h2-5,7,9-12H,6,8,13-15H2,1H3. The molecule has 3 aromatic rings. The van der Waals surface area contributed by atoms with Crippen molar-refractivity contribution in [2.45, 2.75) is 26.1 Å². The second-order valence-electron chi connectivity index (χ2n) is 7.48. The number of hydrogen-bond donors (Lipinski definition) is 0. The van der Waals surface area contributed by atoms with Gasteiger partial charge in [0, 0.05) is 37.1 Å². The molecular weight excluding hydrogens is 402 g/mol. The first kappa shape index (κ1) is 20.3. The first-order chi connectivity index (χ1) is 14.5. The molecule has 7 heteroatoms. The molecule has 0 atom stereocenters. The number of rotatable bonds is 6. The summed E-state index contributed by atoms with van der Waals surface area (Å²) in [5.74, 6) is 0.344. The van der Waals surface area contributed by atoms with Crippen LogP contribution >= 0.6 is 11.6 Å². The first-order valence-electron chi connectivity index (χ1n) is 9.75. The summed E-state index contributed by atoms with van der Waals surface area (Å²) in [7, 11) is 2.09. The Bertz CT molecular complexity index is 1130. The molecule has 0 N–H and O–H groups in total. The maximum atomic E-state index is 12.7. The zero-order valence-corrected chi connectivity index (χ0v) is 17.4. The average Bonchev–Trinajstić information content (AvgIpc) is 2.74. The molecule has 0 saturated carbocycles. The van der Waals surface area contributed by atoms with Crippen LogP contribution in [0.2, 0.25) is 5.02 Å². The van der Waals surface area contributed by atoms with Crippen molar-refractivity contribution in [2.75, 3.05) is 13.6 Å². The quantitative estimate of drug-likeness (QED) is 0.569. The Morgan fingerprint density at radius 2 is 2.03 bits per heavy atom. The maximum absolute atomic E-state index is 12.7. The number of halogens is 1. The van der Waals surface area contributed by atoms with Crippen molar-refractivity contribution in [2.24, 2.45) is 0 Å². The Kier molecular flexibility index (Phi) is 5.97. The van der Waals surface area contributed by atoms with Gasteiger partial charge in [0.1, 0.15) is 12.4 Å². The van der Waals surface area contributed by atoms with Crippen LogP contribution in [0.1, 0.15) is 27.2 Å². The van der Waals surface area contributed by atoms with Gasteiger partial charge in [-0.25, -0.2) is 0 Å². The monoisotopic (exact) mass is 423 g/mol. The Hall–Kier alpha value is -2.96. The van der Waals surface area contributed by atoms with Crippen molar-refractivity contribution in [1.29, 1.82) is 0 Å². The third-order valence-corrected chi connectivity index (χ3v) is 5.41. The number of Topliss-reactive ketones (excluding diaryl/α,β-unsaturated/α-hetero) is 1. The number of hydrogen-bond acceptors (Lipinski definition) is 5. The normalized spacial score (nSPS) is 13.7. The molecule has 0 amide bonds. The van der Waals surface area contributed by atoms with Crippen molar-refractivity contribution in [3.05, 3.63) is 92.6 Å². The number of ketones is 1. The lowest BCUT2D eigenvalue weighted by Crippen LogP contribution is -2.27. The minimum atomic E-state index is -0.287. The average molecular weight is 424 g/mol. The number of benzene rings is 1. The van der Waals surface area contributed by atoms with Crippen LogP contribution in [0.15, 0.2) is 59.7 Å². The molecular formula is C23H22ClN3O3. The fourth-order valence-corrected chi connectivity index (χ4v) is 3.58. The molecule has 0 spiro atoms. The number of likely N-dealkylation sites (N-methyl/N-ethyl adjacent to an activating group) is 1. The summed E-state index contributed by atoms with van der Waals surface area (Å²) in [5, 5.41) is 0.553. The Morgan fingerprint density at radius 1 is 1.17 bits per heavy atom. The highest BCUT2D eigenvalue weighted by molar-refractivity contribution is 6.30. The molecule has 154 valence electrons. The largest absolute Gasteiger partial charge is 0.487 e. The first-order valence-corrected chi connectivity index (χ1v) is 10.1. The van der Waals surface area contributed by atoms with E-state index < -0.39 is 0 Å². The number of aromatic nitrogens is 2. The highest BCUT2D eigenvalue weighted by Crippen LogP contribution is 2.20. The highest BCUT2D eigenvalue weighted by atomic mass is 35.5. The second kappa shape index (κ2) is 8.81. The minimum absolute atomic E-state index is 0.00343. The molecule has 3 heterocycles. The molecule has 2 aromatic heterocycles. The van der Waals surface area contributed by atoms with E-state index >= 15 is 0 Å². The Labute approximate surface area is 179 Å². The van der Waals surface area contributed by atoms with Crippen LogP contribution in [0.5, 0.6) is 5.75 Å². The van der Waals surface area contributed by atoms with E-state index in [0.29, 0.717) is 22.0 Å². The molecule has 0 fully saturated rings. The summed E-state index contributed by atoms with van der Waals surface area (Å²) in [4.78, 5) is 31.6. The van der Waals surface area contributed by atoms with Crippen LogP contribution < -0.4 is 10.3 Å². The number of nitrogens with zero attached hydrogens (tertiary/aromatic N) is 3. The molecule has 0 bridgehead atoms. The van der Waals surface area contributed by atoms with Gasteiger partial charge in [0.2, 0.25) is 0 Å². The highest BCUT2D eigenvalue weighted by Gasteiger charge is 2.16. The fourth-order valence-electron chi connectivity index (χ4n) is 3.47. The van der Waals surface area contributed by atoms with Crippen molar-refractivity contribution in [3.8, 4) is 5.75 Å². The van der Waals surface area contributed by atoms with E-state index in [4.69, 9.17) is 16.3 Å². The van der Waals surface area contributed by atoms with Crippen molar-refractivity contribution in [1.82, 2.24) is 14.5 Å². The summed E-state index contributed by atoms with van der Waals surface area (Å²) in [6, 6.07) is 12.4. The third kappa shape index (κ3) is 4.78. The van der Waals surface area contributed by atoms with Crippen LogP contribution in [-0.2, 0) is 26.1 Å². The molecule has 30 heavy (non-hydrogen) atoms. The summed E-state index contributed by atoms with van der Waals surface area (Å²) in [6.45, 7) is 2.10. The van der Waals surface area contributed by atoms with E-state index in [1.54, 1.807) is 30.6 Å². The molecule has 0 aliphatic carbocycles. The summed E-state index contributed by atoms with van der Waals surface area (Å²) in [5.41, 5.74) is 3.53. The molecule has 6 nitrogen and oxygen atoms in total. The number of fused-ring (bicyclic) bond motifs is 1. The lowest BCUT2D eigenvalue weighted by atomic mass is 9.96. The number of pyridine rings is 2. The Balaban J connectivity index is 1.41. The number of carbonyl (C=O) groups excluding carboxylic acids is 1. The SMILES string of the molecule is CN1CCc2cc(C(=O)Cn3ccc(OCc4ccc(Cl)cn4)cc3=O)ccc2C1. The van der Waals surface area contributed by atoms with Gasteiger partial charge in [0.25, 0.3) is 5.56 Å². The summed E-state index contributed by atoms with van der Waals surface area (Å²) < 4.78 is 7.01. The molecule has 0 unspecified atom stereocenters. The van der Waals surface area contributed by atoms with Gasteiger partial charge in [-0.05, 0) is 48.9 Å². The van der Waals surface area contributed by atoms with Gasteiger partial charge >= 0.3 is 0 Å². The molecule has 0 saturated heterocycles. The van der Waals surface area contributed by atoms with E-state index in [0.717, 1.165) is 19.5 Å². The van der Waals surface area contributed by atoms with Gasteiger partial charge < -0.3 is 14.2 Å². The Morgan fingerprint density at radius 3 is 2.80 bits per heavy atom. The van der Waals surface area contributed by atoms with Crippen molar-refractivity contribution < 1.29 is 9.53 Å². The van der Waals surface area contributed by atoms with Gasteiger partial charge in [0.15, 0.2) is 5.78 Å². The molecule has 1 aromatic carbocycles. The van der Waals surface area contributed by atoms with Crippen molar-refractivity contribution in [3.63, 3.8) is 0 Å². The number of ether oxygens (including phenoxy) is 1. The predicted octanol–water partition coefficient (Wildman–Crippen LogP) is 3.35. The van der Waals surface area contributed by atoms with Crippen LogP contribution in [0.25, 0.3) is 0 Å². The van der Waals surface area contributed by atoms with Gasteiger partial charge in [-0.1, -0.05) is 23.7 Å². The lowest BCUT2D eigenvalue weighted by molar-refractivity contribution is 0.0970. The predicted molar refractivity (Wildman–Crippen MR) is 115 cm³/mol. The van der Waals surface area contributed by atoms with Gasteiger partial charge in [-0.2, -0.15) is 0 Å². The molecule has 4 rings (SSSR count). The second-order valence-corrected chi connectivity index (χ2v) is 7.92. The molecule has 0 radical (unpaired) electrons. The van der Waals surface area contributed by atoms with E-state index in [1.807, 2.05) is 18.2 Å².